The summed E-state index contributed by atoms with van der Waals surface area (Å²) in [5, 5.41) is 0. The lowest BCUT2D eigenvalue weighted by Gasteiger charge is -2.21. The minimum atomic E-state index is 0.145. The van der Waals surface area contributed by atoms with Gasteiger partial charge in [-0.25, -0.2) is 0 Å². The molecular formula is C25H22O. The molecule has 0 aromatic heterocycles. The number of aryl methyl sites for hydroxylation is 4. The van der Waals surface area contributed by atoms with Gasteiger partial charge in [0.2, 0.25) is 0 Å². The minimum absolute atomic E-state index is 0.145. The molecule has 0 amide bonds. The summed E-state index contributed by atoms with van der Waals surface area (Å²) in [4.78, 5) is 13.3. The fraction of sp³-hybridized carbons (Fsp3) is 0.240. The molecule has 3 aromatic carbocycles. The van der Waals surface area contributed by atoms with Crippen LogP contribution in [0.15, 0.2) is 66.7 Å². The Morgan fingerprint density at radius 3 is 2.19 bits per heavy atom. The van der Waals surface area contributed by atoms with Crippen LogP contribution in [0.2, 0.25) is 0 Å². The second-order valence-electron chi connectivity index (χ2n) is 7.62. The molecule has 0 saturated carbocycles. The van der Waals surface area contributed by atoms with E-state index in [2.05, 4.69) is 60.7 Å². The Morgan fingerprint density at radius 1 is 0.692 bits per heavy atom. The fourth-order valence-electron chi connectivity index (χ4n) is 4.55. The average Bonchev–Trinajstić information content (AvgIpc) is 2.72. The van der Waals surface area contributed by atoms with Gasteiger partial charge in [-0.15, -0.1) is 0 Å². The lowest BCUT2D eigenvalue weighted by Crippen LogP contribution is -2.11. The fourth-order valence-corrected chi connectivity index (χ4v) is 4.55. The zero-order valence-corrected chi connectivity index (χ0v) is 14.9. The summed E-state index contributed by atoms with van der Waals surface area (Å²) >= 11 is 0. The number of carbonyl (C=O) groups is 1. The highest BCUT2D eigenvalue weighted by atomic mass is 16.1. The van der Waals surface area contributed by atoms with Crippen molar-refractivity contribution in [3.05, 3.63) is 106 Å². The number of benzene rings is 3. The molecule has 3 aromatic rings. The van der Waals surface area contributed by atoms with Crippen molar-refractivity contribution in [3.8, 4) is 0 Å². The largest absolute Gasteiger partial charge is 0.294 e. The topological polar surface area (TPSA) is 17.1 Å². The molecule has 128 valence electrons. The molecule has 0 fully saturated rings. The zero-order chi connectivity index (χ0) is 17.5. The van der Waals surface area contributed by atoms with Crippen LogP contribution in [-0.2, 0) is 25.7 Å². The van der Waals surface area contributed by atoms with E-state index in [4.69, 9.17) is 0 Å². The van der Waals surface area contributed by atoms with Crippen LogP contribution >= 0.6 is 0 Å². The first-order chi connectivity index (χ1) is 12.8. The van der Waals surface area contributed by atoms with Gasteiger partial charge in [-0.2, -0.15) is 0 Å². The third kappa shape index (κ3) is 2.68. The van der Waals surface area contributed by atoms with Gasteiger partial charge in [0, 0.05) is 17.9 Å². The average molecular weight is 338 g/mol. The SMILES string of the molecule is O=C1C[C@@H](c2ccccc2)c2cc3ccc2CCc2ccc(cc21)CC3. The molecule has 1 heteroatoms. The summed E-state index contributed by atoms with van der Waals surface area (Å²) in [5.41, 5.74) is 8.83. The molecule has 0 radical (unpaired) electrons. The molecule has 26 heavy (non-hydrogen) atoms. The summed E-state index contributed by atoms with van der Waals surface area (Å²) in [6.07, 6.45) is 4.52. The minimum Gasteiger partial charge on any atom is -0.294 e. The van der Waals surface area contributed by atoms with Crippen molar-refractivity contribution in [1.82, 2.24) is 0 Å². The van der Waals surface area contributed by atoms with Gasteiger partial charge in [0.25, 0.3) is 0 Å². The molecule has 0 saturated heterocycles. The molecule has 5 rings (SSSR count). The highest BCUT2D eigenvalue weighted by Crippen LogP contribution is 2.36. The Kier molecular flexibility index (Phi) is 3.74. The Bertz CT molecular complexity index is 984. The molecule has 1 nitrogen and oxygen atoms in total. The van der Waals surface area contributed by atoms with Crippen LogP contribution in [-0.4, -0.2) is 5.78 Å². The lowest BCUT2D eigenvalue weighted by molar-refractivity contribution is 0.0977. The van der Waals surface area contributed by atoms with Gasteiger partial charge < -0.3 is 0 Å². The van der Waals surface area contributed by atoms with E-state index >= 15 is 0 Å². The van der Waals surface area contributed by atoms with Gasteiger partial charge in [-0.1, -0.05) is 60.7 Å². The van der Waals surface area contributed by atoms with Gasteiger partial charge >= 0.3 is 0 Å². The number of fused-ring (bicyclic) bond motifs is 4. The van der Waals surface area contributed by atoms with E-state index in [-0.39, 0.29) is 11.7 Å². The molecule has 0 spiro atoms. The smallest absolute Gasteiger partial charge is 0.164 e. The highest BCUT2D eigenvalue weighted by Gasteiger charge is 2.26. The van der Waals surface area contributed by atoms with E-state index in [1.165, 1.54) is 33.4 Å². The zero-order valence-electron chi connectivity index (χ0n) is 14.9. The maximum Gasteiger partial charge on any atom is 0.164 e. The summed E-state index contributed by atoms with van der Waals surface area (Å²) in [6.45, 7) is 0. The maximum absolute atomic E-state index is 13.3. The quantitative estimate of drug-likeness (QED) is 0.589. The van der Waals surface area contributed by atoms with Crippen molar-refractivity contribution in [2.45, 2.75) is 38.0 Å². The summed E-state index contributed by atoms with van der Waals surface area (Å²) < 4.78 is 0. The van der Waals surface area contributed by atoms with Crippen LogP contribution in [0.1, 0.15) is 56.1 Å². The van der Waals surface area contributed by atoms with Crippen LogP contribution in [0.5, 0.6) is 0 Å². The Balaban J connectivity index is 1.77. The van der Waals surface area contributed by atoms with E-state index in [0.29, 0.717) is 6.42 Å². The first kappa shape index (κ1) is 15.6. The molecular weight excluding hydrogens is 316 g/mol. The van der Waals surface area contributed by atoms with Crippen molar-refractivity contribution in [1.29, 1.82) is 0 Å². The number of rotatable bonds is 1. The van der Waals surface area contributed by atoms with Gasteiger partial charge in [-0.3, -0.25) is 4.79 Å². The summed E-state index contributed by atoms with van der Waals surface area (Å²) in [5.74, 6) is 0.433. The van der Waals surface area contributed by atoms with Crippen molar-refractivity contribution in [2.75, 3.05) is 0 Å². The monoisotopic (exact) mass is 338 g/mol. The molecule has 2 aliphatic carbocycles. The Morgan fingerprint density at radius 2 is 1.38 bits per heavy atom. The first-order valence-electron chi connectivity index (χ1n) is 9.59. The lowest BCUT2D eigenvalue weighted by atomic mass is 9.83. The molecule has 0 aliphatic heterocycles. The molecule has 0 unspecified atom stereocenters. The highest BCUT2D eigenvalue weighted by molar-refractivity contribution is 5.98. The number of carbonyl (C=O) groups excluding carboxylic acids is 1. The molecule has 4 bridgehead atoms. The Labute approximate surface area is 154 Å². The maximum atomic E-state index is 13.3. The molecule has 1 atom stereocenters. The standard InChI is InChI=1S/C25H22O/c26-25-16-23(19-4-2-1-3-5-19)22-14-17-6-7-18-9-11-21(24(25)15-18)13-12-20(22)10-8-17/h1-5,8-11,14-15,23H,6-7,12-13,16H2/t23-/m0/s1. The summed E-state index contributed by atoms with van der Waals surface area (Å²) in [7, 11) is 0. The molecule has 0 heterocycles. The van der Waals surface area contributed by atoms with Gasteiger partial charge in [0.05, 0.1) is 0 Å². The molecule has 2 aliphatic rings. The third-order valence-electron chi connectivity index (χ3n) is 6.02. The first-order valence-corrected chi connectivity index (χ1v) is 9.59. The van der Waals surface area contributed by atoms with Crippen molar-refractivity contribution >= 4 is 5.78 Å². The van der Waals surface area contributed by atoms with Crippen LogP contribution in [0.25, 0.3) is 0 Å². The second-order valence-corrected chi connectivity index (χ2v) is 7.62. The van der Waals surface area contributed by atoms with Gasteiger partial charge in [0.1, 0.15) is 0 Å². The number of hydrogen-bond donors (Lipinski definition) is 0. The van der Waals surface area contributed by atoms with Gasteiger partial charge in [-0.05, 0) is 65.1 Å². The summed E-state index contributed by atoms with van der Waals surface area (Å²) in [6, 6.07) is 24.1. The van der Waals surface area contributed by atoms with E-state index < -0.39 is 0 Å². The van der Waals surface area contributed by atoms with Crippen LogP contribution in [0, 0.1) is 0 Å². The predicted octanol–water partition coefficient (Wildman–Crippen LogP) is 5.29. The second kappa shape index (κ2) is 6.25. The van der Waals surface area contributed by atoms with E-state index in [0.717, 1.165) is 31.2 Å². The van der Waals surface area contributed by atoms with E-state index in [9.17, 15) is 4.79 Å². The van der Waals surface area contributed by atoms with E-state index in [1.54, 1.807) is 0 Å². The predicted molar refractivity (Wildman–Crippen MR) is 105 cm³/mol. The number of hydrogen-bond acceptors (Lipinski definition) is 1. The van der Waals surface area contributed by atoms with Crippen LogP contribution < -0.4 is 0 Å². The van der Waals surface area contributed by atoms with Crippen molar-refractivity contribution in [2.24, 2.45) is 0 Å². The van der Waals surface area contributed by atoms with Crippen molar-refractivity contribution < 1.29 is 4.79 Å². The van der Waals surface area contributed by atoms with E-state index in [1.807, 2.05) is 6.07 Å². The normalized spacial score (nSPS) is 18.5. The van der Waals surface area contributed by atoms with Crippen LogP contribution in [0.3, 0.4) is 0 Å². The number of ketones is 1. The third-order valence-corrected chi connectivity index (χ3v) is 6.02. The van der Waals surface area contributed by atoms with Gasteiger partial charge in [0.15, 0.2) is 5.78 Å². The molecule has 0 N–H and O–H groups in total. The number of Topliss-reactive ketones (excluding diaryl/α,β-unsaturated/α-hetero) is 1. The van der Waals surface area contributed by atoms with Crippen molar-refractivity contribution in [3.63, 3.8) is 0 Å². The van der Waals surface area contributed by atoms with Crippen LogP contribution in [0.4, 0.5) is 0 Å². The Hall–Kier alpha value is -2.67.